The average Bonchev–Trinajstić information content (AvgIpc) is 2.77. The number of carbonyl (C=O) groups excluding carboxylic acids is 1. The van der Waals surface area contributed by atoms with Crippen molar-refractivity contribution in [1.29, 1.82) is 0 Å². The van der Waals surface area contributed by atoms with Crippen LogP contribution in [-0.4, -0.2) is 23.5 Å². The first-order valence-electron chi connectivity index (χ1n) is 6.75. The molecule has 0 aliphatic heterocycles. The molecular formula is C14H22N4OS. The lowest BCUT2D eigenvalue weighted by Crippen LogP contribution is -2.33. The molecule has 1 aromatic rings. The van der Waals surface area contributed by atoms with Crippen LogP contribution in [0.5, 0.6) is 0 Å². The predicted octanol–water partition coefficient (Wildman–Crippen LogP) is 2.32. The molecule has 0 bridgehead atoms. The summed E-state index contributed by atoms with van der Waals surface area (Å²) in [4.78, 5) is 16.7. The summed E-state index contributed by atoms with van der Waals surface area (Å²) in [6, 6.07) is -0.263. The van der Waals surface area contributed by atoms with Crippen LogP contribution in [0.25, 0.3) is 0 Å². The zero-order chi connectivity index (χ0) is 15.1. The van der Waals surface area contributed by atoms with E-state index in [1.807, 2.05) is 6.92 Å². The molecule has 1 amide bonds. The molecule has 0 aliphatic carbocycles. The van der Waals surface area contributed by atoms with Crippen molar-refractivity contribution in [2.24, 2.45) is 5.92 Å². The van der Waals surface area contributed by atoms with Crippen molar-refractivity contribution in [2.45, 2.75) is 39.7 Å². The molecule has 0 saturated carbocycles. The number of nitrogens with zero attached hydrogens (tertiary/aromatic N) is 1. The quantitative estimate of drug-likeness (QED) is 0.674. The van der Waals surface area contributed by atoms with E-state index in [1.54, 1.807) is 0 Å². The fourth-order valence-electron chi connectivity index (χ4n) is 1.57. The van der Waals surface area contributed by atoms with Crippen molar-refractivity contribution in [3.63, 3.8) is 0 Å². The monoisotopic (exact) mass is 294 g/mol. The standard InChI is InChI=1S/C14H22N4OS/c1-5-7-10(6-2)17-13(19)11-12(15)18-14(20-11)16-8-9(3)4/h2,9-10H,5,7-8,15H2,1,3-4H3,(H,16,18)(H,17,19). The zero-order valence-electron chi connectivity index (χ0n) is 12.2. The number of aromatic nitrogens is 1. The Morgan fingerprint density at radius 2 is 2.25 bits per heavy atom. The van der Waals surface area contributed by atoms with Crippen LogP contribution in [0, 0.1) is 18.3 Å². The molecule has 0 aliphatic rings. The van der Waals surface area contributed by atoms with Gasteiger partial charge in [-0.3, -0.25) is 4.79 Å². The predicted molar refractivity (Wildman–Crippen MR) is 84.8 cm³/mol. The highest BCUT2D eigenvalue weighted by atomic mass is 32.1. The van der Waals surface area contributed by atoms with Gasteiger partial charge in [-0.2, -0.15) is 0 Å². The second kappa shape index (κ2) is 7.75. The summed E-state index contributed by atoms with van der Waals surface area (Å²) in [5, 5.41) is 6.61. The topological polar surface area (TPSA) is 80.0 Å². The fourth-order valence-corrected chi connectivity index (χ4v) is 2.37. The van der Waals surface area contributed by atoms with Gasteiger partial charge in [0.25, 0.3) is 5.91 Å². The lowest BCUT2D eigenvalue weighted by Gasteiger charge is -2.10. The van der Waals surface area contributed by atoms with Crippen LogP contribution < -0.4 is 16.4 Å². The Morgan fingerprint density at radius 1 is 1.55 bits per heavy atom. The van der Waals surface area contributed by atoms with Gasteiger partial charge in [0, 0.05) is 6.54 Å². The number of nitrogen functional groups attached to an aromatic ring is 1. The largest absolute Gasteiger partial charge is 0.382 e. The summed E-state index contributed by atoms with van der Waals surface area (Å²) >= 11 is 1.25. The number of nitrogens with two attached hydrogens (primary N) is 1. The highest BCUT2D eigenvalue weighted by Gasteiger charge is 2.18. The van der Waals surface area contributed by atoms with Gasteiger partial charge in [0.2, 0.25) is 0 Å². The van der Waals surface area contributed by atoms with Crippen LogP contribution in [0.1, 0.15) is 43.3 Å². The van der Waals surface area contributed by atoms with Crippen LogP contribution in [0.2, 0.25) is 0 Å². The number of carbonyl (C=O) groups is 1. The van der Waals surface area contributed by atoms with Crippen LogP contribution >= 0.6 is 11.3 Å². The minimum absolute atomic E-state index is 0.242. The van der Waals surface area contributed by atoms with E-state index in [0.717, 1.165) is 19.4 Å². The summed E-state index contributed by atoms with van der Waals surface area (Å²) < 4.78 is 0. The Morgan fingerprint density at radius 3 is 2.80 bits per heavy atom. The van der Waals surface area contributed by atoms with E-state index in [2.05, 4.69) is 35.4 Å². The minimum atomic E-state index is -0.263. The number of hydrogen-bond acceptors (Lipinski definition) is 5. The van der Waals surface area contributed by atoms with Gasteiger partial charge in [0.1, 0.15) is 10.7 Å². The maximum atomic E-state index is 12.1. The van der Waals surface area contributed by atoms with E-state index in [0.29, 0.717) is 15.9 Å². The van der Waals surface area contributed by atoms with E-state index < -0.39 is 0 Å². The molecule has 0 aromatic carbocycles. The van der Waals surface area contributed by atoms with Gasteiger partial charge in [-0.1, -0.05) is 44.4 Å². The lowest BCUT2D eigenvalue weighted by atomic mass is 10.2. The molecule has 110 valence electrons. The Balaban J connectivity index is 2.71. The second-order valence-electron chi connectivity index (χ2n) is 4.99. The molecule has 5 nitrogen and oxygen atoms in total. The number of terminal acetylenes is 1. The number of nitrogens with one attached hydrogen (secondary N) is 2. The smallest absolute Gasteiger partial charge is 0.266 e. The van der Waals surface area contributed by atoms with Crippen LogP contribution in [0.15, 0.2) is 0 Å². The molecule has 0 spiro atoms. The third-order valence-electron chi connectivity index (χ3n) is 2.60. The van der Waals surface area contributed by atoms with Gasteiger partial charge >= 0.3 is 0 Å². The molecule has 0 saturated heterocycles. The van der Waals surface area contributed by atoms with E-state index in [9.17, 15) is 4.79 Å². The van der Waals surface area contributed by atoms with E-state index in [4.69, 9.17) is 12.2 Å². The molecule has 0 radical (unpaired) electrons. The van der Waals surface area contributed by atoms with E-state index >= 15 is 0 Å². The summed E-state index contributed by atoms with van der Waals surface area (Å²) in [6.07, 6.45) is 7.05. The summed E-state index contributed by atoms with van der Waals surface area (Å²) in [6.45, 7) is 7.00. The fraction of sp³-hybridized carbons (Fsp3) is 0.571. The SMILES string of the molecule is C#CC(CCC)NC(=O)c1sc(NCC(C)C)nc1N. The Kier molecular flexibility index (Phi) is 6.32. The number of amides is 1. The van der Waals surface area contributed by atoms with Gasteiger partial charge in [-0.15, -0.1) is 6.42 Å². The molecule has 0 fully saturated rings. The first-order chi connectivity index (χ1) is 9.47. The third-order valence-corrected chi connectivity index (χ3v) is 3.63. The second-order valence-corrected chi connectivity index (χ2v) is 5.99. The number of thiazole rings is 1. The Hall–Kier alpha value is -1.74. The van der Waals surface area contributed by atoms with Gasteiger partial charge < -0.3 is 16.4 Å². The normalized spacial score (nSPS) is 11.9. The van der Waals surface area contributed by atoms with E-state index in [-0.39, 0.29) is 17.8 Å². The van der Waals surface area contributed by atoms with Gasteiger partial charge in [0.05, 0.1) is 6.04 Å². The maximum Gasteiger partial charge on any atom is 0.266 e. The highest BCUT2D eigenvalue weighted by Crippen LogP contribution is 2.25. The van der Waals surface area contributed by atoms with Crippen LogP contribution in [0.4, 0.5) is 10.9 Å². The molecule has 1 aromatic heterocycles. The zero-order valence-corrected chi connectivity index (χ0v) is 13.0. The van der Waals surface area contributed by atoms with Crippen molar-refractivity contribution in [1.82, 2.24) is 10.3 Å². The van der Waals surface area contributed by atoms with Crippen molar-refractivity contribution >= 4 is 28.2 Å². The minimum Gasteiger partial charge on any atom is -0.382 e. The Labute approximate surface area is 124 Å². The van der Waals surface area contributed by atoms with Crippen LogP contribution in [0.3, 0.4) is 0 Å². The first-order valence-corrected chi connectivity index (χ1v) is 7.56. The summed E-state index contributed by atoms with van der Waals surface area (Å²) in [5.74, 6) is 3.05. The van der Waals surface area contributed by atoms with Crippen molar-refractivity contribution < 1.29 is 4.79 Å². The molecule has 20 heavy (non-hydrogen) atoms. The molecular weight excluding hydrogens is 272 g/mol. The van der Waals surface area contributed by atoms with Crippen molar-refractivity contribution in [3.05, 3.63) is 4.88 Å². The number of anilines is 2. The highest BCUT2D eigenvalue weighted by molar-refractivity contribution is 7.18. The van der Waals surface area contributed by atoms with Crippen LogP contribution in [-0.2, 0) is 0 Å². The molecule has 1 rings (SSSR count). The number of rotatable bonds is 7. The van der Waals surface area contributed by atoms with Gasteiger partial charge in [-0.05, 0) is 12.3 Å². The molecule has 1 atom stereocenters. The first kappa shape index (κ1) is 16.3. The Bertz CT molecular complexity index is 490. The summed E-state index contributed by atoms with van der Waals surface area (Å²) in [5.41, 5.74) is 5.79. The maximum absolute atomic E-state index is 12.1. The van der Waals surface area contributed by atoms with E-state index in [1.165, 1.54) is 11.3 Å². The van der Waals surface area contributed by atoms with Crippen molar-refractivity contribution in [2.75, 3.05) is 17.6 Å². The lowest BCUT2D eigenvalue weighted by molar-refractivity contribution is 0.0949. The van der Waals surface area contributed by atoms with Crippen molar-refractivity contribution in [3.8, 4) is 12.3 Å². The molecule has 1 heterocycles. The molecule has 6 heteroatoms. The summed E-state index contributed by atoms with van der Waals surface area (Å²) in [7, 11) is 0. The number of hydrogen-bond donors (Lipinski definition) is 3. The third kappa shape index (κ3) is 4.74. The van der Waals surface area contributed by atoms with Gasteiger partial charge in [0.15, 0.2) is 5.13 Å². The average molecular weight is 294 g/mol. The molecule has 4 N–H and O–H groups in total. The molecule has 1 unspecified atom stereocenters. The van der Waals surface area contributed by atoms with Gasteiger partial charge in [-0.25, -0.2) is 4.98 Å².